The quantitative estimate of drug-likeness (QED) is 0.781. The lowest BCUT2D eigenvalue weighted by Crippen LogP contribution is -2.52. The first kappa shape index (κ1) is 19.6. The Morgan fingerprint density at radius 2 is 1.63 bits per heavy atom. The third-order valence-electron chi connectivity index (χ3n) is 5.41. The Morgan fingerprint density at radius 1 is 1.07 bits per heavy atom. The average Bonchev–Trinajstić information content (AvgIpc) is 2.56. The average molecular weight is 390 g/mol. The van der Waals surface area contributed by atoms with E-state index in [0.717, 1.165) is 22.7 Å². The molecule has 0 spiro atoms. The van der Waals surface area contributed by atoms with Crippen LogP contribution in [-0.2, 0) is 15.0 Å². The number of carbonyl (C=O) groups excluding carboxylic acids is 1. The van der Waals surface area contributed by atoms with Crippen molar-refractivity contribution in [2.24, 2.45) is 10.3 Å². The van der Waals surface area contributed by atoms with Crippen LogP contribution in [0, 0.1) is 12.8 Å². The summed E-state index contributed by atoms with van der Waals surface area (Å²) in [6, 6.07) is 7.57. The summed E-state index contributed by atoms with van der Waals surface area (Å²) in [5, 5.41) is 0. The van der Waals surface area contributed by atoms with Crippen LogP contribution in [0.25, 0.3) is 0 Å². The molecular weight excluding hydrogens is 362 g/mol. The van der Waals surface area contributed by atoms with Gasteiger partial charge in [0.2, 0.25) is 0 Å². The van der Waals surface area contributed by atoms with Crippen molar-refractivity contribution >= 4 is 21.8 Å². The first-order chi connectivity index (χ1) is 12.6. The molecular formula is C20H27N3O3S. The van der Waals surface area contributed by atoms with Crippen LogP contribution in [0.3, 0.4) is 0 Å². The summed E-state index contributed by atoms with van der Waals surface area (Å²) < 4.78 is 30.0. The van der Waals surface area contributed by atoms with Gasteiger partial charge >= 0.3 is 10.2 Å². The molecule has 7 heteroatoms. The van der Waals surface area contributed by atoms with Crippen LogP contribution in [0.15, 0.2) is 40.4 Å². The van der Waals surface area contributed by atoms with E-state index in [0.29, 0.717) is 17.2 Å². The number of allylic oxidation sites excluding steroid dienone is 1. The summed E-state index contributed by atoms with van der Waals surface area (Å²) in [5.74, 6) is 0.290. The van der Waals surface area contributed by atoms with E-state index < -0.39 is 10.2 Å². The number of amides is 1. The van der Waals surface area contributed by atoms with E-state index in [-0.39, 0.29) is 23.7 Å². The van der Waals surface area contributed by atoms with Gasteiger partial charge in [-0.25, -0.2) is 4.31 Å². The minimum atomic E-state index is -3.94. The van der Waals surface area contributed by atoms with Gasteiger partial charge in [0.1, 0.15) is 5.70 Å². The van der Waals surface area contributed by atoms with Crippen LogP contribution in [0.2, 0.25) is 0 Å². The van der Waals surface area contributed by atoms with Crippen molar-refractivity contribution < 1.29 is 13.2 Å². The molecule has 2 heterocycles. The molecule has 1 amide bonds. The molecule has 2 aliphatic heterocycles. The predicted octanol–water partition coefficient (Wildman–Crippen LogP) is 2.89. The number of rotatable bonds is 2. The van der Waals surface area contributed by atoms with E-state index in [9.17, 15) is 13.2 Å². The fourth-order valence-electron chi connectivity index (χ4n) is 4.07. The molecule has 2 aliphatic rings. The van der Waals surface area contributed by atoms with E-state index in [4.69, 9.17) is 0 Å². The summed E-state index contributed by atoms with van der Waals surface area (Å²) >= 11 is 0. The molecule has 27 heavy (non-hydrogen) atoms. The van der Waals surface area contributed by atoms with E-state index in [1.165, 1.54) is 7.05 Å². The largest absolute Gasteiger partial charge is 0.345 e. The van der Waals surface area contributed by atoms with Crippen molar-refractivity contribution in [2.75, 3.05) is 7.05 Å². The van der Waals surface area contributed by atoms with Gasteiger partial charge in [-0.2, -0.15) is 8.42 Å². The van der Waals surface area contributed by atoms with Gasteiger partial charge in [-0.05, 0) is 45.6 Å². The number of likely N-dealkylation sites (N-methyl/N-ethyl adjacent to an activating group) is 1. The Kier molecular flexibility index (Phi) is 5.16. The van der Waals surface area contributed by atoms with Gasteiger partial charge in [0.25, 0.3) is 5.91 Å². The molecule has 146 valence electrons. The molecule has 0 N–H and O–H groups in total. The highest BCUT2D eigenvalue weighted by atomic mass is 32.2. The van der Waals surface area contributed by atoms with Gasteiger partial charge in [0, 0.05) is 24.7 Å². The first-order valence-electron chi connectivity index (χ1n) is 9.30. The lowest BCUT2D eigenvalue weighted by atomic mass is 9.88. The zero-order chi connectivity index (χ0) is 19.9. The molecule has 0 radical (unpaired) electrons. The maximum Gasteiger partial charge on any atom is 0.345 e. The van der Waals surface area contributed by atoms with Crippen LogP contribution < -0.4 is 0 Å². The second-order valence-corrected chi connectivity index (χ2v) is 9.43. The smallest absolute Gasteiger partial charge is 0.332 e. The molecule has 0 aliphatic carbocycles. The normalized spacial score (nSPS) is 27.8. The van der Waals surface area contributed by atoms with E-state index >= 15 is 0 Å². The number of piperidine rings is 1. The summed E-state index contributed by atoms with van der Waals surface area (Å²) in [6.45, 7) is 8.20. The van der Waals surface area contributed by atoms with Crippen LogP contribution in [-0.4, -0.2) is 48.4 Å². The SMILES string of the molecule is Cc1ccc(C2=NS(=O)(=O)N(C)C(C(=O)N3[C@H](C)CC(C)C[C@@H]3C)=C2)cc1. The van der Waals surface area contributed by atoms with Crippen molar-refractivity contribution in [1.29, 1.82) is 0 Å². The van der Waals surface area contributed by atoms with Gasteiger partial charge in [0.15, 0.2) is 0 Å². The maximum absolute atomic E-state index is 13.3. The van der Waals surface area contributed by atoms with Gasteiger partial charge in [-0.3, -0.25) is 4.79 Å². The topological polar surface area (TPSA) is 70.0 Å². The first-order valence-corrected chi connectivity index (χ1v) is 10.7. The fourth-order valence-corrected chi connectivity index (χ4v) is 4.98. The van der Waals surface area contributed by atoms with Crippen molar-refractivity contribution in [2.45, 2.75) is 52.6 Å². The standard InChI is InChI=1S/C20H27N3O3S/c1-13-6-8-17(9-7-13)18-12-19(22(5)27(25,26)21-18)20(24)23-15(3)10-14(2)11-16(23)4/h6-9,12,14-16H,10-11H2,1-5H3/t14?,15-,16+. The Hall–Kier alpha value is -2.15. The highest BCUT2D eigenvalue weighted by Crippen LogP contribution is 2.30. The minimum absolute atomic E-state index is 0.0648. The number of nitrogens with zero attached hydrogens (tertiary/aromatic N) is 3. The van der Waals surface area contributed by atoms with E-state index in [1.54, 1.807) is 6.08 Å². The number of hydrogen-bond acceptors (Lipinski definition) is 3. The molecule has 1 saturated heterocycles. The molecule has 0 aromatic heterocycles. The fraction of sp³-hybridized carbons (Fsp3) is 0.500. The summed E-state index contributed by atoms with van der Waals surface area (Å²) in [6.07, 6.45) is 3.42. The van der Waals surface area contributed by atoms with Gasteiger partial charge in [-0.15, -0.1) is 4.40 Å². The van der Waals surface area contributed by atoms with Crippen LogP contribution in [0.4, 0.5) is 0 Å². The van der Waals surface area contributed by atoms with Crippen molar-refractivity contribution in [3.05, 3.63) is 47.2 Å². The Labute approximate surface area is 161 Å². The highest BCUT2D eigenvalue weighted by molar-refractivity contribution is 7.88. The van der Waals surface area contributed by atoms with Crippen molar-refractivity contribution in [3.8, 4) is 0 Å². The number of aryl methyl sites for hydroxylation is 1. The second kappa shape index (κ2) is 7.11. The lowest BCUT2D eigenvalue weighted by Gasteiger charge is -2.43. The lowest BCUT2D eigenvalue weighted by molar-refractivity contribution is -0.134. The Bertz CT molecular complexity index is 891. The second-order valence-electron chi connectivity index (χ2n) is 7.80. The molecule has 1 fully saturated rings. The maximum atomic E-state index is 13.3. The van der Waals surface area contributed by atoms with Crippen LogP contribution in [0.1, 0.15) is 44.7 Å². The summed E-state index contributed by atoms with van der Waals surface area (Å²) in [5.41, 5.74) is 2.19. The van der Waals surface area contributed by atoms with E-state index in [2.05, 4.69) is 11.3 Å². The summed E-state index contributed by atoms with van der Waals surface area (Å²) in [7, 11) is -2.56. The molecule has 6 nitrogen and oxygen atoms in total. The molecule has 1 unspecified atom stereocenters. The minimum Gasteiger partial charge on any atom is -0.332 e. The van der Waals surface area contributed by atoms with Crippen molar-refractivity contribution in [3.63, 3.8) is 0 Å². The monoisotopic (exact) mass is 389 g/mol. The highest BCUT2D eigenvalue weighted by Gasteiger charge is 2.38. The molecule has 3 atom stereocenters. The van der Waals surface area contributed by atoms with Crippen LogP contribution >= 0.6 is 0 Å². The molecule has 1 aromatic carbocycles. The number of likely N-dealkylation sites (tertiary alicyclic amines) is 1. The van der Waals surface area contributed by atoms with E-state index in [1.807, 2.05) is 49.9 Å². The number of benzene rings is 1. The number of carbonyl (C=O) groups is 1. The van der Waals surface area contributed by atoms with Gasteiger partial charge in [-0.1, -0.05) is 36.8 Å². The summed E-state index contributed by atoms with van der Waals surface area (Å²) in [4.78, 5) is 15.1. The van der Waals surface area contributed by atoms with Crippen LogP contribution in [0.5, 0.6) is 0 Å². The van der Waals surface area contributed by atoms with Gasteiger partial charge in [0.05, 0.1) is 5.71 Å². The zero-order valence-electron chi connectivity index (χ0n) is 16.5. The Morgan fingerprint density at radius 3 is 2.19 bits per heavy atom. The number of hydrogen-bond donors (Lipinski definition) is 0. The third kappa shape index (κ3) is 3.78. The van der Waals surface area contributed by atoms with Gasteiger partial charge < -0.3 is 4.90 Å². The van der Waals surface area contributed by atoms with Crippen molar-refractivity contribution in [1.82, 2.24) is 9.21 Å². The zero-order valence-corrected chi connectivity index (χ0v) is 17.3. The third-order valence-corrected chi connectivity index (χ3v) is 6.73. The molecule has 0 bridgehead atoms. The molecule has 3 rings (SSSR count). The molecule has 1 aromatic rings. The molecule has 0 saturated carbocycles. The predicted molar refractivity (Wildman–Crippen MR) is 107 cm³/mol. The Balaban J connectivity index is 2.01.